The Morgan fingerprint density at radius 3 is 3.20 bits per heavy atom. The number of pyridine rings is 1. The molecular formula is C18H21N3O3S. The summed E-state index contributed by atoms with van der Waals surface area (Å²) in [5.74, 6) is -1.54. The van der Waals surface area contributed by atoms with Crippen LogP contribution in [0.4, 0.5) is 0 Å². The van der Waals surface area contributed by atoms with Gasteiger partial charge in [-0.3, -0.25) is 9.97 Å². The van der Waals surface area contributed by atoms with Crippen LogP contribution in [0.1, 0.15) is 39.6 Å². The second-order valence-electron chi connectivity index (χ2n) is 4.42. The molecule has 7 heteroatoms. The number of hydrogen-bond acceptors (Lipinski definition) is 5. The molecule has 0 aliphatic heterocycles. The van der Waals surface area contributed by atoms with Crippen LogP contribution in [0, 0.1) is 6.85 Å². The summed E-state index contributed by atoms with van der Waals surface area (Å²) >= 11 is -2.25. The van der Waals surface area contributed by atoms with E-state index in [0.29, 0.717) is 0 Å². The second-order valence-corrected chi connectivity index (χ2v) is 5.79. The fourth-order valence-corrected chi connectivity index (χ4v) is 2.84. The summed E-state index contributed by atoms with van der Waals surface area (Å²) in [6.45, 7) is -10.6. The van der Waals surface area contributed by atoms with E-state index < -0.39 is 91.5 Å². The summed E-state index contributed by atoms with van der Waals surface area (Å²) in [6.07, 6.45) is -2.90. The van der Waals surface area contributed by atoms with Crippen LogP contribution in [-0.4, -0.2) is 39.7 Å². The summed E-state index contributed by atoms with van der Waals surface area (Å²) in [5.41, 5.74) is -1.63. The average molecular weight is 376 g/mol. The number of nitrogens with zero attached hydrogens (tertiary/aromatic N) is 2. The van der Waals surface area contributed by atoms with E-state index in [1.54, 1.807) is 0 Å². The SMILES string of the molecule is [2H]c1c([2H])c([2H])c2[nH]c([S+]([O-])Cc3nccc(OC([2H])([2H])C([2H])([2H])C([2H])([2H])OC([2H])([2H])[2H])c3C([2H])([2H])[2H])nc2c1[2H]. The van der Waals surface area contributed by atoms with E-state index >= 15 is 0 Å². The number of methoxy groups -OCH3 is 1. The molecule has 1 atom stereocenters. The van der Waals surface area contributed by atoms with Crippen LogP contribution >= 0.6 is 0 Å². The summed E-state index contributed by atoms with van der Waals surface area (Å²) < 4.78 is 146. The molecule has 0 aliphatic rings. The van der Waals surface area contributed by atoms with Crippen LogP contribution in [0.3, 0.4) is 0 Å². The molecule has 1 aromatic carbocycles. The van der Waals surface area contributed by atoms with Gasteiger partial charge in [-0.1, -0.05) is 12.1 Å². The van der Waals surface area contributed by atoms with Crippen LogP contribution in [-0.2, 0) is 21.7 Å². The van der Waals surface area contributed by atoms with E-state index in [9.17, 15) is 4.55 Å². The van der Waals surface area contributed by atoms with Gasteiger partial charge < -0.3 is 14.0 Å². The lowest BCUT2D eigenvalue weighted by atomic mass is 10.2. The third-order valence-electron chi connectivity index (χ3n) is 2.90. The first kappa shape index (κ1) is 6.57. The van der Waals surface area contributed by atoms with Crippen LogP contribution in [0.2, 0.25) is 0 Å². The van der Waals surface area contributed by atoms with Crippen molar-refractivity contribution in [1.29, 1.82) is 0 Å². The molecule has 0 radical (unpaired) electrons. The molecule has 1 N–H and O–H groups in total. The number of para-hydroxylation sites is 2. The minimum atomic E-state index is -3.82. The van der Waals surface area contributed by atoms with Crippen LogP contribution in [0.5, 0.6) is 5.75 Å². The molecule has 0 saturated heterocycles. The third-order valence-corrected chi connectivity index (χ3v) is 4.06. The Kier molecular flexibility index (Phi) is 2.19. The topological polar surface area (TPSA) is 83.1 Å². The molecule has 3 rings (SSSR count). The number of ether oxygens (including phenoxy) is 2. The second kappa shape index (κ2) is 8.33. The number of benzene rings is 1. The lowest BCUT2D eigenvalue weighted by Crippen LogP contribution is -2.10. The Morgan fingerprint density at radius 1 is 1.40 bits per heavy atom. The minimum Gasteiger partial charge on any atom is -0.609 e. The van der Waals surface area contributed by atoms with Gasteiger partial charge in [0.05, 0.1) is 38.4 Å². The fraction of sp³-hybridized carbons (Fsp3) is 0.333. The van der Waals surface area contributed by atoms with Crippen molar-refractivity contribution < 1.29 is 36.0 Å². The normalized spacial score (nSPS) is 24.5. The number of imidazole rings is 1. The smallest absolute Gasteiger partial charge is 0.322 e. The number of H-pyrrole nitrogens is 1. The quantitative estimate of drug-likeness (QED) is 0.612. The van der Waals surface area contributed by atoms with Gasteiger partial charge in [0.15, 0.2) is 5.75 Å². The van der Waals surface area contributed by atoms with Gasteiger partial charge in [-0.05, 0) is 25.0 Å². The number of aromatic nitrogens is 3. The fourth-order valence-electron chi connectivity index (χ4n) is 1.82. The largest absolute Gasteiger partial charge is 0.609 e. The van der Waals surface area contributed by atoms with Gasteiger partial charge in [0.1, 0.15) is 5.75 Å². The van der Waals surface area contributed by atoms with Crippen molar-refractivity contribution in [1.82, 2.24) is 15.0 Å². The zero-order valence-electron chi connectivity index (χ0n) is 28.4. The third kappa shape index (κ3) is 4.31. The highest BCUT2D eigenvalue weighted by atomic mass is 32.2. The molecule has 3 aromatic rings. The highest BCUT2D eigenvalue weighted by Crippen LogP contribution is 2.24. The van der Waals surface area contributed by atoms with Gasteiger partial charge in [0.25, 0.3) is 0 Å². The van der Waals surface area contributed by atoms with Gasteiger partial charge in [0, 0.05) is 49.8 Å². The molecule has 0 aliphatic carbocycles. The van der Waals surface area contributed by atoms with Crippen LogP contribution < -0.4 is 4.74 Å². The maximum absolute atomic E-state index is 13.2. The first-order valence-corrected chi connectivity index (χ1v) is 7.95. The van der Waals surface area contributed by atoms with Crippen LogP contribution in [0.25, 0.3) is 11.0 Å². The monoisotopic (exact) mass is 375 g/mol. The standard InChI is InChI=1S/C18H21N3O3S/c1-13-16(19-9-8-17(13)24-11-5-10-23-2)12-25(22)18-20-14-6-3-4-7-15(14)21-18/h3-4,6-9H,5,10-12H2,1-2H3,(H,20,21)/i1D3,2D3,3D,4D,5D2,6D,7D,10D2,11D2. The van der Waals surface area contributed by atoms with E-state index in [1.165, 1.54) is 0 Å². The summed E-state index contributed by atoms with van der Waals surface area (Å²) in [5, 5.41) is -0.349. The van der Waals surface area contributed by atoms with Crippen LogP contribution in [0.15, 0.2) is 41.6 Å². The predicted octanol–water partition coefficient (Wildman–Crippen LogP) is 2.99. The molecular weight excluding hydrogens is 338 g/mol. The highest BCUT2D eigenvalue weighted by molar-refractivity contribution is 7.90. The average Bonchev–Trinajstić information content (AvgIpc) is 3.24. The van der Waals surface area contributed by atoms with Gasteiger partial charge in [0.2, 0.25) is 0 Å². The van der Waals surface area contributed by atoms with Crippen molar-refractivity contribution in [2.45, 2.75) is 24.1 Å². The van der Waals surface area contributed by atoms with E-state index in [2.05, 4.69) is 19.7 Å². The Balaban J connectivity index is 2.03. The van der Waals surface area contributed by atoms with E-state index in [-0.39, 0.29) is 16.2 Å². The van der Waals surface area contributed by atoms with Crippen molar-refractivity contribution in [2.24, 2.45) is 0 Å². The number of hydrogen-bond donors (Lipinski definition) is 1. The molecule has 0 spiro atoms. The Hall–Kier alpha value is -2.09. The molecule has 132 valence electrons. The molecule has 6 nitrogen and oxygen atoms in total. The van der Waals surface area contributed by atoms with E-state index in [0.717, 1.165) is 12.3 Å². The van der Waals surface area contributed by atoms with E-state index in [4.69, 9.17) is 26.7 Å². The van der Waals surface area contributed by atoms with Crippen molar-refractivity contribution in [3.05, 3.63) is 47.7 Å². The van der Waals surface area contributed by atoms with Gasteiger partial charge in [-0.25, -0.2) is 0 Å². The van der Waals surface area contributed by atoms with Crippen molar-refractivity contribution in [3.8, 4) is 5.75 Å². The number of fused-ring (bicyclic) bond motifs is 1. The lowest BCUT2D eigenvalue weighted by molar-refractivity contribution is 0.172. The molecule has 2 aromatic heterocycles. The van der Waals surface area contributed by atoms with Gasteiger partial charge in [-0.15, -0.1) is 0 Å². The number of aromatic amines is 1. The predicted molar refractivity (Wildman–Crippen MR) is 97.2 cm³/mol. The Labute approximate surface area is 172 Å². The maximum Gasteiger partial charge on any atom is 0.322 e. The number of rotatable bonds is 8. The number of nitrogens with one attached hydrogen (secondary N) is 1. The summed E-state index contributed by atoms with van der Waals surface area (Å²) in [6, 6.07) is -1.29. The molecule has 0 amide bonds. The lowest BCUT2D eigenvalue weighted by Gasteiger charge is -2.12. The Morgan fingerprint density at radius 2 is 2.32 bits per heavy atom. The van der Waals surface area contributed by atoms with Gasteiger partial charge >= 0.3 is 5.16 Å². The Bertz CT molecular complexity index is 1410. The zero-order chi connectivity index (χ0) is 31.5. The first-order chi connectivity index (χ1) is 18.4. The molecule has 0 bridgehead atoms. The molecule has 1 unspecified atom stereocenters. The molecule has 2 heterocycles. The summed E-state index contributed by atoms with van der Waals surface area (Å²) in [4.78, 5) is 10.4. The molecule has 0 fully saturated rings. The van der Waals surface area contributed by atoms with Crippen molar-refractivity contribution in [3.63, 3.8) is 0 Å². The van der Waals surface area contributed by atoms with Gasteiger partial charge in [-0.2, -0.15) is 4.98 Å². The van der Waals surface area contributed by atoms with E-state index in [1.807, 2.05) is 0 Å². The van der Waals surface area contributed by atoms with Crippen molar-refractivity contribution >= 4 is 22.2 Å². The summed E-state index contributed by atoms with van der Waals surface area (Å²) in [7, 11) is -3.47. The first-order valence-electron chi connectivity index (χ1n) is 14.6. The highest BCUT2D eigenvalue weighted by Gasteiger charge is 2.20. The molecule has 0 saturated carbocycles. The minimum absolute atomic E-state index is 0.149. The molecule has 25 heavy (non-hydrogen) atoms. The zero-order valence-corrected chi connectivity index (χ0v) is 13.2. The van der Waals surface area contributed by atoms with Crippen molar-refractivity contribution in [2.75, 3.05) is 20.2 Å². The maximum atomic E-state index is 13.2.